The second kappa shape index (κ2) is 3.79. The molecule has 0 saturated carbocycles. The van der Waals surface area contributed by atoms with Gasteiger partial charge in [0, 0.05) is 5.56 Å². The zero-order valence-electron chi connectivity index (χ0n) is 8.81. The largest absolute Gasteiger partial charge is 0.508 e. The van der Waals surface area contributed by atoms with E-state index in [0.29, 0.717) is 16.4 Å². The minimum atomic E-state index is 0.171. The van der Waals surface area contributed by atoms with Crippen molar-refractivity contribution in [1.82, 2.24) is 9.97 Å². The zero-order valence-corrected chi connectivity index (χ0v) is 9.57. The number of rotatable bonds is 1. The van der Waals surface area contributed by atoms with Crippen molar-refractivity contribution in [2.24, 2.45) is 0 Å². The first-order valence-corrected chi connectivity index (χ1v) is 5.55. The lowest BCUT2D eigenvalue weighted by Gasteiger charge is -2.00. The summed E-state index contributed by atoms with van der Waals surface area (Å²) in [7, 11) is 0. The Morgan fingerprint density at radius 1 is 1.12 bits per heavy atom. The summed E-state index contributed by atoms with van der Waals surface area (Å²) in [6, 6.07) is 12.5. The molecule has 3 aromatic rings. The van der Waals surface area contributed by atoms with Crippen molar-refractivity contribution in [1.29, 1.82) is 0 Å². The van der Waals surface area contributed by atoms with Crippen LogP contribution in [0, 0.1) is 0 Å². The Hall–Kier alpha value is -2.00. The highest BCUT2D eigenvalue weighted by Crippen LogP contribution is 2.30. The number of benzene rings is 2. The predicted molar refractivity (Wildman–Crippen MR) is 68.2 cm³/mol. The quantitative estimate of drug-likeness (QED) is 0.687. The van der Waals surface area contributed by atoms with Crippen molar-refractivity contribution in [3.8, 4) is 17.1 Å². The van der Waals surface area contributed by atoms with Gasteiger partial charge in [-0.05, 0) is 30.3 Å². The number of phenols is 1. The Labute approximate surface area is 103 Å². The van der Waals surface area contributed by atoms with Crippen LogP contribution in [0.2, 0.25) is 5.02 Å². The summed E-state index contributed by atoms with van der Waals surface area (Å²) in [6.45, 7) is 0. The molecule has 0 aliphatic rings. The molecule has 0 unspecified atom stereocenters. The second-order valence-corrected chi connectivity index (χ2v) is 4.17. The third-order valence-corrected chi connectivity index (χ3v) is 2.92. The van der Waals surface area contributed by atoms with Crippen LogP contribution in [0.5, 0.6) is 5.75 Å². The third-order valence-electron chi connectivity index (χ3n) is 2.59. The lowest BCUT2D eigenvalue weighted by Crippen LogP contribution is -1.81. The van der Waals surface area contributed by atoms with Crippen LogP contribution in [0.4, 0.5) is 0 Å². The number of fused-ring (bicyclic) bond motifs is 1. The van der Waals surface area contributed by atoms with Gasteiger partial charge in [-0.3, -0.25) is 0 Å². The Morgan fingerprint density at radius 3 is 2.76 bits per heavy atom. The van der Waals surface area contributed by atoms with E-state index in [0.717, 1.165) is 11.0 Å². The molecule has 0 saturated heterocycles. The number of phenolic OH excluding ortho intramolecular Hbond substituents is 1. The zero-order chi connectivity index (χ0) is 11.8. The van der Waals surface area contributed by atoms with E-state index in [4.69, 9.17) is 11.6 Å². The van der Waals surface area contributed by atoms with E-state index in [1.54, 1.807) is 18.2 Å². The predicted octanol–water partition coefficient (Wildman–Crippen LogP) is 3.59. The standard InChI is InChI=1S/C13H9ClN2O/c14-10-6-5-8(17)7-9(10)13-15-11-3-1-2-4-12(11)16-13/h1-7,17H,(H,15,16). The van der Waals surface area contributed by atoms with Crippen LogP contribution in [0.3, 0.4) is 0 Å². The van der Waals surface area contributed by atoms with E-state index in [9.17, 15) is 5.11 Å². The first kappa shape index (κ1) is 10.2. The van der Waals surface area contributed by atoms with Crippen molar-refractivity contribution < 1.29 is 5.11 Å². The fourth-order valence-electron chi connectivity index (χ4n) is 1.78. The van der Waals surface area contributed by atoms with Crippen molar-refractivity contribution in [3.63, 3.8) is 0 Å². The second-order valence-electron chi connectivity index (χ2n) is 3.77. The topological polar surface area (TPSA) is 48.9 Å². The number of aromatic nitrogens is 2. The summed E-state index contributed by atoms with van der Waals surface area (Å²) >= 11 is 6.09. The van der Waals surface area contributed by atoms with E-state index in [1.165, 1.54) is 0 Å². The lowest BCUT2D eigenvalue weighted by molar-refractivity contribution is 0.475. The number of hydrogen-bond acceptors (Lipinski definition) is 2. The average molecular weight is 245 g/mol. The fourth-order valence-corrected chi connectivity index (χ4v) is 1.98. The molecule has 0 fully saturated rings. The SMILES string of the molecule is Oc1ccc(Cl)c(-c2nc3ccccc3[nH]2)c1. The minimum absolute atomic E-state index is 0.171. The molecule has 0 aliphatic carbocycles. The number of aromatic amines is 1. The van der Waals surface area contributed by atoms with E-state index in [-0.39, 0.29) is 5.75 Å². The molecule has 17 heavy (non-hydrogen) atoms. The van der Waals surface area contributed by atoms with Crippen molar-refractivity contribution in [2.45, 2.75) is 0 Å². The maximum atomic E-state index is 9.47. The minimum Gasteiger partial charge on any atom is -0.508 e. The monoisotopic (exact) mass is 244 g/mol. The van der Waals surface area contributed by atoms with Gasteiger partial charge in [0.2, 0.25) is 0 Å². The van der Waals surface area contributed by atoms with Crippen LogP contribution in [0.1, 0.15) is 0 Å². The number of halogens is 1. The summed E-state index contributed by atoms with van der Waals surface area (Å²) in [5, 5.41) is 10.0. The summed E-state index contributed by atoms with van der Waals surface area (Å²) in [5.74, 6) is 0.831. The molecule has 4 heteroatoms. The summed E-state index contributed by atoms with van der Waals surface area (Å²) in [5.41, 5.74) is 2.52. The van der Waals surface area contributed by atoms with Gasteiger partial charge in [-0.2, -0.15) is 0 Å². The maximum absolute atomic E-state index is 9.47. The molecule has 1 aromatic heterocycles. The Bertz CT molecular complexity index is 658. The smallest absolute Gasteiger partial charge is 0.140 e. The number of imidazole rings is 1. The molecular weight excluding hydrogens is 236 g/mol. The van der Waals surface area contributed by atoms with E-state index < -0.39 is 0 Å². The summed E-state index contributed by atoms with van der Waals surface area (Å²) in [4.78, 5) is 7.61. The highest BCUT2D eigenvalue weighted by atomic mass is 35.5. The van der Waals surface area contributed by atoms with Gasteiger partial charge in [0.05, 0.1) is 16.1 Å². The fraction of sp³-hybridized carbons (Fsp3) is 0. The number of H-pyrrole nitrogens is 1. The number of nitrogens with one attached hydrogen (secondary N) is 1. The van der Waals surface area contributed by atoms with Crippen molar-refractivity contribution in [3.05, 3.63) is 47.5 Å². The number of aromatic hydroxyl groups is 1. The molecule has 2 N–H and O–H groups in total. The highest BCUT2D eigenvalue weighted by molar-refractivity contribution is 6.33. The molecular formula is C13H9ClN2O. The van der Waals surface area contributed by atoms with Gasteiger partial charge in [-0.1, -0.05) is 23.7 Å². The summed E-state index contributed by atoms with van der Waals surface area (Å²) < 4.78 is 0. The van der Waals surface area contributed by atoms with Crippen molar-refractivity contribution in [2.75, 3.05) is 0 Å². The first-order chi connectivity index (χ1) is 8.24. The number of nitrogens with zero attached hydrogens (tertiary/aromatic N) is 1. The summed E-state index contributed by atoms with van der Waals surface area (Å²) in [6.07, 6.45) is 0. The van der Waals surface area contributed by atoms with Gasteiger partial charge in [-0.15, -0.1) is 0 Å². The van der Waals surface area contributed by atoms with Gasteiger partial charge in [-0.25, -0.2) is 4.98 Å². The van der Waals surface area contributed by atoms with E-state index in [1.807, 2.05) is 24.3 Å². The molecule has 0 amide bonds. The molecule has 2 aromatic carbocycles. The molecule has 0 bridgehead atoms. The van der Waals surface area contributed by atoms with Crippen LogP contribution in [-0.2, 0) is 0 Å². The van der Waals surface area contributed by atoms with Crippen LogP contribution in [0.25, 0.3) is 22.4 Å². The van der Waals surface area contributed by atoms with Crippen LogP contribution in [0.15, 0.2) is 42.5 Å². The van der Waals surface area contributed by atoms with Crippen LogP contribution >= 0.6 is 11.6 Å². The molecule has 1 heterocycles. The van der Waals surface area contributed by atoms with Gasteiger partial charge in [0.1, 0.15) is 11.6 Å². The van der Waals surface area contributed by atoms with Crippen LogP contribution < -0.4 is 0 Å². The Morgan fingerprint density at radius 2 is 1.94 bits per heavy atom. The molecule has 3 nitrogen and oxygen atoms in total. The Balaban J connectivity index is 2.23. The number of hydrogen-bond donors (Lipinski definition) is 2. The maximum Gasteiger partial charge on any atom is 0.140 e. The number of para-hydroxylation sites is 2. The lowest BCUT2D eigenvalue weighted by atomic mass is 10.2. The molecule has 0 radical (unpaired) electrons. The molecule has 0 atom stereocenters. The third kappa shape index (κ3) is 1.74. The molecule has 0 aliphatic heterocycles. The van der Waals surface area contributed by atoms with Crippen LogP contribution in [-0.4, -0.2) is 15.1 Å². The van der Waals surface area contributed by atoms with Gasteiger partial charge in [0.25, 0.3) is 0 Å². The average Bonchev–Trinajstić information content (AvgIpc) is 2.75. The van der Waals surface area contributed by atoms with E-state index in [2.05, 4.69) is 9.97 Å². The normalized spacial score (nSPS) is 10.9. The van der Waals surface area contributed by atoms with Crippen molar-refractivity contribution >= 4 is 22.6 Å². The molecule has 3 rings (SSSR count). The Kier molecular flexibility index (Phi) is 2.27. The first-order valence-electron chi connectivity index (χ1n) is 5.18. The molecule has 84 valence electrons. The van der Waals surface area contributed by atoms with E-state index >= 15 is 0 Å². The highest BCUT2D eigenvalue weighted by Gasteiger charge is 2.09. The van der Waals surface area contributed by atoms with Gasteiger partial charge in [0.15, 0.2) is 0 Å². The molecule has 0 spiro atoms. The van der Waals surface area contributed by atoms with Gasteiger partial charge >= 0.3 is 0 Å². The van der Waals surface area contributed by atoms with Gasteiger partial charge < -0.3 is 10.1 Å².